The lowest BCUT2D eigenvalue weighted by atomic mass is 10.2. The van der Waals surface area contributed by atoms with E-state index in [4.69, 9.17) is 16.9 Å². The summed E-state index contributed by atoms with van der Waals surface area (Å²) in [7, 11) is -2.39. The molecule has 0 saturated heterocycles. The number of benzene rings is 1. The molecule has 0 unspecified atom stereocenters. The van der Waals surface area contributed by atoms with Gasteiger partial charge in [-0.05, 0) is 34.1 Å². The van der Waals surface area contributed by atoms with Gasteiger partial charge in [0.05, 0.1) is 28.5 Å². The average molecular weight is 376 g/mol. The maximum absolute atomic E-state index is 12.3. The number of hydrogen-bond acceptors (Lipinski definition) is 4. The number of aryl methyl sites for hydroxylation is 1. The third-order valence-corrected chi connectivity index (χ3v) is 4.97. The molecule has 0 aliphatic heterocycles. The van der Waals surface area contributed by atoms with E-state index >= 15 is 0 Å². The van der Waals surface area contributed by atoms with Crippen LogP contribution < -0.4 is 4.72 Å². The van der Waals surface area contributed by atoms with E-state index < -0.39 is 10.0 Å². The Hall–Kier alpha value is -1.56. The molecule has 2 aromatic rings. The lowest BCUT2D eigenvalue weighted by Gasteiger charge is -2.10. The lowest BCUT2D eigenvalue weighted by Crippen LogP contribution is -2.17. The fourth-order valence-corrected chi connectivity index (χ4v) is 3.91. The second kappa shape index (κ2) is 5.44. The molecular weight excluding hydrogens is 368 g/mol. The second-order valence-electron chi connectivity index (χ2n) is 3.83. The van der Waals surface area contributed by atoms with Gasteiger partial charge in [0.1, 0.15) is 0 Å². The van der Waals surface area contributed by atoms with E-state index in [1.165, 1.54) is 36.1 Å². The first-order valence-electron chi connectivity index (χ1n) is 5.25. The van der Waals surface area contributed by atoms with Crippen LogP contribution in [0.25, 0.3) is 0 Å². The Morgan fingerprint density at radius 3 is 2.70 bits per heavy atom. The molecule has 0 atom stereocenters. The van der Waals surface area contributed by atoms with Crippen molar-refractivity contribution in [2.75, 3.05) is 4.72 Å². The normalized spacial score (nSPS) is 11.1. The van der Waals surface area contributed by atoms with Gasteiger partial charge in [-0.1, -0.05) is 11.6 Å². The maximum atomic E-state index is 12.3. The van der Waals surface area contributed by atoms with Crippen LogP contribution in [-0.2, 0) is 17.1 Å². The number of hydrogen-bond donors (Lipinski definition) is 1. The summed E-state index contributed by atoms with van der Waals surface area (Å²) >= 11 is 9.03. The van der Waals surface area contributed by atoms with Crippen molar-refractivity contribution in [3.63, 3.8) is 0 Å². The summed E-state index contributed by atoms with van der Waals surface area (Å²) in [5.74, 6) is 0. The number of aromatic nitrogens is 2. The predicted octanol–water partition coefficient (Wildman–Crippen LogP) is 2.51. The van der Waals surface area contributed by atoms with Crippen LogP contribution in [0.2, 0.25) is 5.02 Å². The molecule has 1 N–H and O–H groups in total. The van der Waals surface area contributed by atoms with Crippen LogP contribution in [0.1, 0.15) is 5.56 Å². The molecule has 0 fully saturated rings. The molecule has 0 amide bonds. The second-order valence-corrected chi connectivity index (χ2v) is 6.69. The maximum Gasteiger partial charge on any atom is 0.280 e. The molecule has 0 saturated carbocycles. The molecule has 9 heteroatoms. The highest BCUT2D eigenvalue weighted by molar-refractivity contribution is 9.10. The van der Waals surface area contributed by atoms with Gasteiger partial charge in [0.15, 0.2) is 5.03 Å². The first-order valence-corrected chi connectivity index (χ1v) is 7.90. The first kappa shape index (κ1) is 14.8. The van der Waals surface area contributed by atoms with Gasteiger partial charge in [-0.25, -0.2) is 0 Å². The number of rotatable bonds is 3. The molecule has 0 bridgehead atoms. The van der Waals surface area contributed by atoms with E-state index in [-0.39, 0.29) is 10.0 Å². The van der Waals surface area contributed by atoms with E-state index in [1.54, 1.807) is 0 Å². The van der Waals surface area contributed by atoms with Crippen molar-refractivity contribution in [1.29, 1.82) is 5.26 Å². The zero-order valence-electron chi connectivity index (χ0n) is 10.1. The van der Waals surface area contributed by atoms with Crippen molar-refractivity contribution in [3.05, 3.63) is 39.5 Å². The average Bonchev–Trinajstić information content (AvgIpc) is 2.72. The topological polar surface area (TPSA) is 87.8 Å². The van der Waals surface area contributed by atoms with Gasteiger partial charge < -0.3 is 0 Å². The number of nitrogens with one attached hydrogen (secondary N) is 1. The number of nitrogens with zero attached hydrogens (tertiary/aromatic N) is 3. The SMILES string of the molecule is Cn1ncc(Cl)c1S(=O)(=O)Nc1ccc(C#N)cc1Br. The third-order valence-electron chi connectivity index (χ3n) is 2.44. The highest BCUT2D eigenvalue weighted by atomic mass is 79.9. The Balaban J connectivity index is 2.42. The summed E-state index contributed by atoms with van der Waals surface area (Å²) in [6, 6.07) is 6.48. The summed E-state index contributed by atoms with van der Waals surface area (Å²) in [6.07, 6.45) is 1.25. The Morgan fingerprint density at radius 2 is 2.20 bits per heavy atom. The van der Waals surface area contributed by atoms with E-state index in [2.05, 4.69) is 25.8 Å². The monoisotopic (exact) mass is 374 g/mol. The van der Waals surface area contributed by atoms with Crippen LogP contribution in [0.4, 0.5) is 5.69 Å². The Kier molecular flexibility index (Phi) is 4.04. The van der Waals surface area contributed by atoms with Crippen LogP contribution in [0, 0.1) is 11.3 Å². The van der Waals surface area contributed by atoms with E-state index in [1.807, 2.05) is 6.07 Å². The van der Waals surface area contributed by atoms with Gasteiger partial charge in [0.2, 0.25) is 0 Å². The molecule has 0 spiro atoms. The number of nitriles is 1. The molecule has 20 heavy (non-hydrogen) atoms. The van der Waals surface area contributed by atoms with Crippen molar-refractivity contribution >= 4 is 43.2 Å². The van der Waals surface area contributed by atoms with Gasteiger partial charge >= 0.3 is 0 Å². The Morgan fingerprint density at radius 1 is 1.50 bits per heavy atom. The molecule has 1 aromatic heterocycles. The van der Waals surface area contributed by atoms with Gasteiger partial charge in [-0.15, -0.1) is 0 Å². The standard InChI is InChI=1S/C11H8BrClN4O2S/c1-17-11(9(13)6-15-17)20(18,19)16-10-3-2-7(5-14)4-8(10)12/h2-4,6,16H,1H3. The summed E-state index contributed by atoms with van der Waals surface area (Å²) in [5.41, 5.74) is 0.722. The third kappa shape index (κ3) is 2.80. The molecule has 0 radical (unpaired) electrons. The molecular formula is C11H8BrClN4O2S. The molecule has 1 aromatic carbocycles. The van der Waals surface area contributed by atoms with E-state index in [0.29, 0.717) is 15.7 Å². The summed E-state index contributed by atoms with van der Waals surface area (Å²) in [6.45, 7) is 0. The largest absolute Gasteiger partial charge is 0.280 e. The van der Waals surface area contributed by atoms with Crippen LogP contribution in [0.5, 0.6) is 0 Å². The summed E-state index contributed by atoms with van der Waals surface area (Å²) in [5, 5.41) is 12.5. The summed E-state index contributed by atoms with van der Waals surface area (Å²) < 4.78 is 28.6. The molecule has 2 rings (SSSR count). The van der Waals surface area contributed by atoms with Crippen LogP contribution in [0.15, 0.2) is 33.9 Å². The van der Waals surface area contributed by atoms with E-state index in [9.17, 15) is 8.42 Å². The molecule has 104 valence electrons. The van der Waals surface area contributed by atoms with Crippen LogP contribution in [-0.4, -0.2) is 18.2 Å². The Bertz CT molecular complexity index is 791. The van der Waals surface area contributed by atoms with Crippen LogP contribution in [0.3, 0.4) is 0 Å². The zero-order chi connectivity index (χ0) is 14.9. The van der Waals surface area contributed by atoms with Crippen molar-refractivity contribution in [3.8, 4) is 6.07 Å². The molecule has 1 heterocycles. The fraction of sp³-hybridized carbons (Fsp3) is 0.0909. The van der Waals surface area contributed by atoms with E-state index in [0.717, 1.165) is 0 Å². The lowest BCUT2D eigenvalue weighted by molar-refractivity contribution is 0.582. The number of sulfonamides is 1. The minimum Gasteiger partial charge on any atom is -0.277 e. The number of halogens is 2. The van der Waals surface area contributed by atoms with Gasteiger partial charge in [0, 0.05) is 11.5 Å². The van der Waals surface area contributed by atoms with Crippen molar-refractivity contribution < 1.29 is 8.42 Å². The number of anilines is 1. The Labute approximate surface area is 129 Å². The smallest absolute Gasteiger partial charge is 0.277 e. The van der Waals surface area contributed by atoms with Crippen molar-refractivity contribution in [2.24, 2.45) is 7.05 Å². The highest BCUT2D eigenvalue weighted by Crippen LogP contribution is 2.28. The molecule has 0 aliphatic rings. The van der Waals surface area contributed by atoms with Gasteiger partial charge in [0.25, 0.3) is 10.0 Å². The van der Waals surface area contributed by atoms with Gasteiger partial charge in [-0.3, -0.25) is 9.40 Å². The highest BCUT2D eigenvalue weighted by Gasteiger charge is 2.23. The van der Waals surface area contributed by atoms with Crippen molar-refractivity contribution in [1.82, 2.24) is 9.78 Å². The summed E-state index contributed by atoms with van der Waals surface area (Å²) in [4.78, 5) is 0. The minimum atomic E-state index is -3.87. The minimum absolute atomic E-state index is 0.0322. The fourth-order valence-electron chi connectivity index (χ4n) is 1.56. The van der Waals surface area contributed by atoms with Crippen molar-refractivity contribution in [2.45, 2.75) is 5.03 Å². The van der Waals surface area contributed by atoms with Gasteiger partial charge in [-0.2, -0.15) is 18.8 Å². The molecule has 6 nitrogen and oxygen atoms in total. The zero-order valence-corrected chi connectivity index (χ0v) is 13.3. The quantitative estimate of drug-likeness (QED) is 0.893. The predicted molar refractivity (Wildman–Crippen MR) is 77.9 cm³/mol. The van der Waals surface area contributed by atoms with Crippen LogP contribution >= 0.6 is 27.5 Å². The first-order chi connectivity index (χ1) is 9.35. The molecule has 0 aliphatic carbocycles.